The molecule has 0 spiro atoms. The zero-order valence-electron chi connectivity index (χ0n) is 16.2. The molecule has 0 aliphatic carbocycles. The van der Waals surface area contributed by atoms with E-state index in [9.17, 15) is 19.7 Å². The number of halogens is 1. The summed E-state index contributed by atoms with van der Waals surface area (Å²) in [6.45, 7) is 9.04. The van der Waals surface area contributed by atoms with Gasteiger partial charge in [0.25, 0.3) is 11.6 Å². The number of ether oxygens (including phenoxy) is 1. The van der Waals surface area contributed by atoms with Crippen molar-refractivity contribution in [2.45, 2.75) is 26.4 Å². The summed E-state index contributed by atoms with van der Waals surface area (Å²) in [6, 6.07) is 3.75. The van der Waals surface area contributed by atoms with Gasteiger partial charge in [-0.2, -0.15) is 0 Å². The van der Waals surface area contributed by atoms with Crippen molar-refractivity contribution in [3.63, 3.8) is 0 Å². The molecule has 2 rings (SSSR count). The summed E-state index contributed by atoms with van der Waals surface area (Å²) >= 11 is 5.96. The van der Waals surface area contributed by atoms with Crippen molar-refractivity contribution in [1.82, 2.24) is 15.1 Å². The van der Waals surface area contributed by atoms with Crippen LogP contribution in [0.3, 0.4) is 0 Å². The Morgan fingerprint density at radius 2 is 1.89 bits per heavy atom. The molecule has 28 heavy (non-hydrogen) atoms. The van der Waals surface area contributed by atoms with Gasteiger partial charge < -0.3 is 15.0 Å². The molecule has 0 radical (unpaired) electrons. The first kappa shape index (κ1) is 21.9. The van der Waals surface area contributed by atoms with Crippen molar-refractivity contribution in [3.8, 4) is 0 Å². The smallest absolute Gasteiger partial charge is 0.410 e. The number of hydrogen-bond donors (Lipinski definition) is 1. The highest BCUT2D eigenvalue weighted by Gasteiger charge is 2.25. The Morgan fingerprint density at radius 3 is 2.43 bits per heavy atom. The van der Waals surface area contributed by atoms with Crippen molar-refractivity contribution < 1.29 is 19.2 Å². The Labute approximate surface area is 168 Å². The summed E-state index contributed by atoms with van der Waals surface area (Å²) in [4.78, 5) is 38.2. The standard InChI is InChI=1S/C18H25ClN4O5/c1-18(2,3)28-17(25)22-10-8-21(9-11-22)7-6-20-16(24)14-5-4-13(23(26)27)12-15(14)19/h4-5,12H,6-11H2,1-3H3,(H,20,24). The first-order chi connectivity index (χ1) is 13.1. The number of nitro benzene ring substituents is 1. The number of nitrogens with zero attached hydrogens (tertiary/aromatic N) is 3. The molecule has 10 heteroatoms. The fraction of sp³-hybridized carbons (Fsp3) is 0.556. The summed E-state index contributed by atoms with van der Waals surface area (Å²) < 4.78 is 5.37. The van der Waals surface area contributed by atoms with E-state index in [1.54, 1.807) is 4.90 Å². The van der Waals surface area contributed by atoms with Crippen LogP contribution >= 0.6 is 11.6 Å². The fourth-order valence-corrected chi connectivity index (χ4v) is 2.97. The van der Waals surface area contributed by atoms with Gasteiger partial charge in [0.15, 0.2) is 0 Å². The Kier molecular flexibility index (Phi) is 7.20. The van der Waals surface area contributed by atoms with Crippen LogP contribution in [-0.4, -0.2) is 71.6 Å². The molecular weight excluding hydrogens is 388 g/mol. The van der Waals surface area contributed by atoms with Gasteiger partial charge in [-0.05, 0) is 26.8 Å². The molecule has 0 aromatic heterocycles. The number of carbonyl (C=O) groups is 2. The number of rotatable bonds is 5. The maximum atomic E-state index is 12.2. The Balaban J connectivity index is 1.75. The third-order valence-corrected chi connectivity index (χ3v) is 4.46. The average Bonchev–Trinajstić information content (AvgIpc) is 2.60. The number of non-ortho nitro benzene ring substituents is 1. The van der Waals surface area contributed by atoms with Crippen molar-refractivity contribution >= 4 is 29.3 Å². The minimum Gasteiger partial charge on any atom is -0.444 e. The van der Waals surface area contributed by atoms with Crippen molar-refractivity contribution in [3.05, 3.63) is 38.9 Å². The molecule has 1 saturated heterocycles. The van der Waals surface area contributed by atoms with E-state index >= 15 is 0 Å². The van der Waals surface area contributed by atoms with E-state index in [0.29, 0.717) is 39.3 Å². The van der Waals surface area contributed by atoms with E-state index in [-0.39, 0.29) is 28.3 Å². The molecule has 1 aliphatic heterocycles. The molecule has 1 aromatic rings. The Hall–Kier alpha value is -2.39. The Morgan fingerprint density at radius 1 is 1.25 bits per heavy atom. The molecule has 2 amide bonds. The number of amides is 2. The largest absolute Gasteiger partial charge is 0.444 e. The zero-order valence-corrected chi connectivity index (χ0v) is 17.0. The monoisotopic (exact) mass is 412 g/mol. The maximum Gasteiger partial charge on any atom is 0.410 e. The van der Waals surface area contributed by atoms with Gasteiger partial charge in [0.05, 0.1) is 15.5 Å². The highest BCUT2D eigenvalue weighted by molar-refractivity contribution is 6.34. The van der Waals surface area contributed by atoms with Crippen molar-refractivity contribution in [2.24, 2.45) is 0 Å². The molecule has 0 atom stereocenters. The fourth-order valence-electron chi connectivity index (χ4n) is 2.71. The molecule has 154 valence electrons. The molecule has 1 aliphatic rings. The molecule has 1 fully saturated rings. The topological polar surface area (TPSA) is 105 Å². The van der Waals surface area contributed by atoms with E-state index in [2.05, 4.69) is 10.2 Å². The number of nitro groups is 1. The lowest BCUT2D eigenvalue weighted by atomic mass is 10.2. The van der Waals surface area contributed by atoms with Crippen LogP contribution in [-0.2, 0) is 4.74 Å². The van der Waals surface area contributed by atoms with Gasteiger partial charge in [0.1, 0.15) is 5.60 Å². The van der Waals surface area contributed by atoms with Crippen LogP contribution in [0.5, 0.6) is 0 Å². The summed E-state index contributed by atoms with van der Waals surface area (Å²) in [5, 5.41) is 13.5. The summed E-state index contributed by atoms with van der Waals surface area (Å²) in [5.41, 5.74) is -0.483. The minimum atomic E-state index is -0.565. The van der Waals surface area contributed by atoms with Crippen molar-refractivity contribution in [1.29, 1.82) is 0 Å². The molecule has 0 unspecified atom stereocenters. The molecule has 0 saturated carbocycles. The summed E-state index contributed by atoms with van der Waals surface area (Å²) in [6.07, 6.45) is -0.312. The van der Waals surface area contributed by atoms with Crippen LogP contribution < -0.4 is 5.32 Å². The van der Waals surface area contributed by atoms with Crippen LogP contribution in [0.15, 0.2) is 18.2 Å². The van der Waals surface area contributed by atoms with E-state index in [1.165, 1.54) is 12.1 Å². The first-order valence-corrected chi connectivity index (χ1v) is 9.37. The van der Waals surface area contributed by atoms with Gasteiger partial charge >= 0.3 is 6.09 Å². The van der Waals surface area contributed by atoms with E-state index < -0.39 is 10.5 Å². The highest BCUT2D eigenvalue weighted by atomic mass is 35.5. The third-order valence-electron chi connectivity index (χ3n) is 4.15. The van der Waals surface area contributed by atoms with Gasteiger partial charge in [-0.1, -0.05) is 11.6 Å². The molecular formula is C18H25ClN4O5. The minimum absolute atomic E-state index is 0.0395. The predicted molar refractivity (Wildman–Crippen MR) is 105 cm³/mol. The summed E-state index contributed by atoms with van der Waals surface area (Å²) in [5.74, 6) is -0.382. The Bertz CT molecular complexity index is 742. The first-order valence-electron chi connectivity index (χ1n) is 8.99. The lowest BCUT2D eigenvalue weighted by molar-refractivity contribution is -0.384. The quantitative estimate of drug-likeness (QED) is 0.588. The van der Waals surface area contributed by atoms with E-state index in [0.717, 1.165) is 6.07 Å². The second-order valence-electron chi connectivity index (χ2n) is 7.49. The molecule has 1 heterocycles. The third kappa shape index (κ3) is 6.35. The van der Waals surface area contributed by atoms with Gasteiger partial charge in [0.2, 0.25) is 0 Å². The SMILES string of the molecule is CC(C)(C)OC(=O)N1CCN(CCNC(=O)c2ccc([N+](=O)[O-])cc2Cl)CC1. The van der Waals surface area contributed by atoms with Crippen LogP contribution in [0.2, 0.25) is 5.02 Å². The average molecular weight is 413 g/mol. The van der Waals surface area contributed by atoms with Crippen LogP contribution in [0.4, 0.5) is 10.5 Å². The van der Waals surface area contributed by atoms with Crippen LogP contribution in [0.25, 0.3) is 0 Å². The van der Waals surface area contributed by atoms with E-state index in [4.69, 9.17) is 16.3 Å². The van der Waals surface area contributed by atoms with Crippen molar-refractivity contribution in [2.75, 3.05) is 39.3 Å². The molecule has 0 bridgehead atoms. The lowest BCUT2D eigenvalue weighted by Crippen LogP contribution is -2.51. The maximum absolute atomic E-state index is 12.2. The van der Waals surface area contributed by atoms with Gasteiger partial charge in [-0.15, -0.1) is 0 Å². The van der Waals surface area contributed by atoms with Gasteiger partial charge in [-0.3, -0.25) is 19.8 Å². The molecule has 1 aromatic carbocycles. The molecule has 1 N–H and O–H groups in total. The number of nitrogens with one attached hydrogen (secondary N) is 1. The molecule has 9 nitrogen and oxygen atoms in total. The van der Waals surface area contributed by atoms with Gasteiger partial charge in [0, 0.05) is 51.4 Å². The summed E-state index contributed by atoms with van der Waals surface area (Å²) in [7, 11) is 0. The lowest BCUT2D eigenvalue weighted by Gasteiger charge is -2.35. The van der Waals surface area contributed by atoms with Crippen LogP contribution in [0, 0.1) is 10.1 Å². The number of benzene rings is 1. The predicted octanol–water partition coefficient (Wildman–Crippen LogP) is 2.53. The number of carbonyl (C=O) groups excluding carboxylic acids is 2. The van der Waals surface area contributed by atoms with E-state index in [1.807, 2.05) is 20.8 Å². The van der Waals surface area contributed by atoms with Gasteiger partial charge in [-0.25, -0.2) is 4.79 Å². The second-order valence-corrected chi connectivity index (χ2v) is 7.89. The number of piperazine rings is 1. The van der Waals surface area contributed by atoms with Crippen LogP contribution in [0.1, 0.15) is 31.1 Å². The highest BCUT2D eigenvalue weighted by Crippen LogP contribution is 2.22. The number of hydrogen-bond acceptors (Lipinski definition) is 6. The second kappa shape index (κ2) is 9.20. The zero-order chi connectivity index (χ0) is 20.9. The normalized spacial score (nSPS) is 15.2.